The molecule has 1 aliphatic heterocycles. The van der Waals surface area contributed by atoms with Gasteiger partial charge in [0.05, 0.1) is 20.3 Å². The summed E-state index contributed by atoms with van der Waals surface area (Å²) in [6.07, 6.45) is 0.293. The first-order valence-electron chi connectivity index (χ1n) is 5.99. The molecule has 2 rings (SSSR count). The summed E-state index contributed by atoms with van der Waals surface area (Å²) in [4.78, 5) is 24.9. The van der Waals surface area contributed by atoms with Crippen molar-refractivity contribution >= 4 is 34.4 Å². The molecule has 0 aromatic carbocycles. The fourth-order valence-corrected chi connectivity index (χ4v) is 2.93. The van der Waals surface area contributed by atoms with E-state index >= 15 is 0 Å². The van der Waals surface area contributed by atoms with Crippen molar-refractivity contribution in [1.29, 1.82) is 0 Å². The number of hydrogen-bond acceptors (Lipinski definition) is 8. The van der Waals surface area contributed by atoms with E-state index in [1.54, 1.807) is 0 Å². The Morgan fingerprint density at radius 1 is 1.45 bits per heavy atom. The lowest BCUT2D eigenvalue weighted by Gasteiger charge is -2.17. The fraction of sp³-hybridized carbons (Fsp3) is 0.545. The maximum absolute atomic E-state index is 11.7. The quantitative estimate of drug-likeness (QED) is 0.780. The Morgan fingerprint density at radius 2 is 2.20 bits per heavy atom. The zero-order valence-electron chi connectivity index (χ0n) is 11.2. The van der Waals surface area contributed by atoms with Crippen LogP contribution in [0.25, 0.3) is 0 Å². The van der Waals surface area contributed by atoms with E-state index in [1.165, 1.54) is 14.2 Å². The Bertz CT molecular complexity index is 519. The molecule has 1 aliphatic rings. The molecule has 0 radical (unpaired) electrons. The van der Waals surface area contributed by atoms with E-state index in [1.807, 2.05) is 4.90 Å². The molecule has 3 N–H and O–H groups in total. The highest BCUT2D eigenvalue weighted by Gasteiger charge is 2.30. The van der Waals surface area contributed by atoms with Crippen LogP contribution >= 0.6 is 11.5 Å². The smallest absolute Gasteiger partial charge is 0.407 e. The summed E-state index contributed by atoms with van der Waals surface area (Å²) >= 11 is 1.15. The minimum Gasteiger partial charge on any atom is -0.465 e. The molecule has 1 atom stereocenters. The van der Waals surface area contributed by atoms with Crippen LogP contribution in [0.2, 0.25) is 0 Å². The molecule has 0 spiro atoms. The number of nitrogens with one attached hydrogen (secondary N) is 1. The lowest BCUT2D eigenvalue weighted by Crippen LogP contribution is -2.37. The van der Waals surface area contributed by atoms with Crippen molar-refractivity contribution in [2.45, 2.75) is 12.5 Å². The lowest BCUT2D eigenvalue weighted by atomic mass is 10.3. The van der Waals surface area contributed by atoms with Gasteiger partial charge in [-0.05, 0) is 18.0 Å². The summed E-state index contributed by atoms with van der Waals surface area (Å²) in [5.74, 6) is -0.336. The number of carbonyl (C=O) groups is 2. The first-order valence-corrected chi connectivity index (χ1v) is 6.77. The number of hydrogen-bond donors (Lipinski definition) is 2. The maximum atomic E-state index is 11.7. The third-order valence-corrected chi connectivity index (χ3v) is 4.00. The number of methoxy groups -OCH3 is 2. The van der Waals surface area contributed by atoms with Gasteiger partial charge in [0.25, 0.3) is 0 Å². The Kier molecular flexibility index (Phi) is 4.28. The van der Waals surface area contributed by atoms with Crippen LogP contribution in [0.5, 0.6) is 0 Å². The summed E-state index contributed by atoms with van der Waals surface area (Å²) in [6.45, 7) is 1.26. The number of nitrogens with two attached hydrogens (primary N) is 1. The SMILES string of the molecule is COC(=O)NC1CCN(c2snc(N)c2C(=O)OC)C1. The van der Waals surface area contributed by atoms with Crippen molar-refractivity contribution in [2.75, 3.05) is 37.9 Å². The molecule has 110 valence electrons. The van der Waals surface area contributed by atoms with E-state index in [9.17, 15) is 9.59 Å². The van der Waals surface area contributed by atoms with Crippen LogP contribution in [0.15, 0.2) is 0 Å². The van der Waals surface area contributed by atoms with E-state index in [-0.39, 0.29) is 17.4 Å². The van der Waals surface area contributed by atoms with Crippen molar-refractivity contribution < 1.29 is 19.1 Å². The monoisotopic (exact) mass is 300 g/mol. The zero-order chi connectivity index (χ0) is 14.7. The minimum atomic E-state index is -0.504. The zero-order valence-corrected chi connectivity index (χ0v) is 12.0. The third kappa shape index (κ3) is 2.77. The van der Waals surface area contributed by atoms with Gasteiger partial charge in [-0.25, -0.2) is 9.59 Å². The van der Waals surface area contributed by atoms with E-state index in [0.29, 0.717) is 18.1 Å². The number of nitrogens with zero attached hydrogens (tertiary/aromatic N) is 2. The number of esters is 1. The lowest BCUT2D eigenvalue weighted by molar-refractivity contribution is 0.0603. The van der Waals surface area contributed by atoms with E-state index in [2.05, 4.69) is 14.4 Å². The first-order chi connectivity index (χ1) is 9.56. The summed E-state index contributed by atoms with van der Waals surface area (Å²) in [7, 11) is 2.62. The van der Waals surface area contributed by atoms with Crippen molar-refractivity contribution in [2.24, 2.45) is 0 Å². The molecule has 1 fully saturated rings. The summed E-state index contributed by atoms with van der Waals surface area (Å²) in [5, 5.41) is 3.40. The molecule has 2 heterocycles. The van der Waals surface area contributed by atoms with Gasteiger partial charge in [0.2, 0.25) is 0 Å². The predicted molar refractivity (Wildman–Crippen MR) is 74.0 cm³/mol. The predicted octanol–water partition coefficient (Wildman–Crippen LogP) is 0.447. The summed E-state index contributed by atoms with van der Waals surface area (Å²) in [5.41, 5.74) is 5.99. The Hall–Kier alpha value is -2.03. The van der Waals surface area contributed by atoms with Gasteiger partial charge in [0.1, 0.15) is 10.6 Å². The molecule has 0 bridgehead atoms. The second-order valence-electron chi connectivity index (χ2n) is 4.31. The van der Waals surface area contributed by atoms with Gasteiger partial charge in [-0.15, -0.1) is 0 Å². The molecule has 8 nitrogen and oxygen atoms in total. The summed E-state index contributed by atoms with van der Waals surface area (Å²) in [6, 6.07) is -0.0312. The number of ether oxygens (including phenoxy) is 2. The standard InChI is InChI=1S/C11H16N4O4S/c1-18-10(16)7-8(12)14-20-9(7)15-4-3-6(5-15)13-11(17)19-2/h6H,3-5H2,1-2H3,(H2,12,14)(H,13,17). The molecule has 1 amide bonds. The van der Waals surface area contributed by atoms with Gasteiger partial charge in [0.15, 0.2) is 5.82 Å². The molecule has 1 aromatic rings. The van der Waals surface area contributed by atoms with Crippen molar-refractivity contribution in [3.63, 3.8) is 0 Å². The number of nitrogen functional groups attached to an aromatic ring is 1. The second kappa shape index (κ2) is 5.95. The van der Waals surface area contributed by atoms with Gasteiger partial charge >= 0.3 is 12.1 Å². The van der Waals surface area contributed by atoms with Crippen LogP contribution in [0.1, 0.15) is 16.8 Å². The Labute approximate surface area is 120 Å². The average molecular weight is 300 g/mol. The highest BCUT2D eigenvalue weighted by Crippen LogP contribution is 2.33. The van der Waals surface area contributed by atoms with Gasteiger partial charge in [-0.2, -0.15) is 4.37 Å². The van der Waals surface area contributed by atoms with Crippen LogP contribution in [0.4, 0.5) is 15.6 Å². The number of rotatable bonds is 3. The topological polar surface area (TPSA) is 107 Å². The molecule has 20 heavy (non-hydrogen) atoms. The number of alkyl carbamates (subject to hydrolysis) is 1. The van der Waals surface area contributed by atoms with Gasteiger partial charge in [0, 0.05) is 13.1 Å². The van der Waals surface area contributed by atoms with Gasteiger partial charge in [-0.1, -0.05) is 0 Å². The second-order valence-corrected chi connectivity index (χ2v) is 5.06. The van der Waals surface area contributed by atoms with Gasteiger partial charge in [-0.3, -0.25) is 0 Å². The molecule has 0 saturated carbocycles. The third-order valence-electron chi connectivity index (χ3n) is 3.07. The number of carbonyl (C=O) groups excluding carboxylic acids is 2. The number of amides is 1. The molecule has 1 aromatic heterocycles. The van der Waals surface area contributed by atoms with Crippen LogP contribution in [0, 0.1) is 0 Å². The van der Waals surface area contributed by atoms with Crippen LogP contribution < -0.4 is 16.0 Å². The molecule has 0 aliphatic carbocycles. The van der Waals surface area contributed by atoms with Crippen molar-refractivity contribution in [3.05, 3.63) is 5.56 Å². The fourth-order valence-electron chi connectivity index (χ4n) is 2.09. The normalized spacial score (nSPS) is 17.9. The number of aromatic nitrogens is 1. The highest BCUT2D eigenvalue weighted by atomic mass is 32.1. The Morgan fingerprint density at radius 3 is 2.85 bits per heavy atom. The number of anilines is 2. The molecular formula is C11H16N4O4S. The highest BCUT2D eigenvalue weighted by molar-refractivity contribution is 7.11. The van der Waals surface area contributed by atoms with Crippen molar-refractivity contribution in [3.8, 4) is 0 Å². The van der Waals surface area contributed by atoms with Crippen LogP contribution in [-0.4, -0.2) is 49.8 Å². The maximum Gasteiger partial charge on any atom is 0.407 e. The van der Waals surface area contributed by atoms with Gasteiger partial charge < -0.3 is 25.4 Å². The van der Waals surface area contributed by atoms with Crippen LogP contribution in [0.3, 0.4) is 0 Å². The van der Waals surface area contributed by atoms with Crippen molar-refractivity contribution in [1.82, 2.24) is 9.69 Å². The molecule has 1 unspecified atom stereocenters. The minimum absolute atomic E-state index is 0.0312. The molecule has 9 heteroatoms. The van der Waals surface area contributed by atoms with E-state index < -0.39 is 12.1 Å². The molecule has 1 saturated heterocycles. The average Bonchev–Trinajstić information content (AvgIpc) is 3.04. The van der Waals surface area contributed by atoms with E-state index in [4.69, 9.17) is 10.5 Å². The summed E-state index contributed by atoms with van der Waals surface area (Å²) < 4.78 is 13.3. The van der Waals surface area contributed by atoms with E-state index in [0.717, 1.165) is 18.0 Å². The largest absolute Gasteiger partial charge is 0.465 e. The van der Waals surface area contributed by atoms with Crippen LogP contribution in [-0.2, 0) is 9.47 Å². The molecular weight excluding hydrogens is 284 g/mol. The first kappa shape index (κ1) is 14.4. The Balaban J connectivity index is 2.10.